The van der Waals surface area contributed by atoms with Crippen LogP contribution < -0.4 is 10.1 Å². The number of hydrogen-bond donors (Lipinski definition) is 1. The van der Waals surface area contributed by atoms with Crippen LogP contribution in [0.4, 0.5) is 5.69 Å². The predicted octanol–water partition coefficient (Wildman–Crippen LogP) is 5.40. The highest BCUT2D eigenvalue weighted by molar-refractivity contribution is 6.32. The number of benzene rings is 2. The third-order valence-corrected chi connectivity index (χ3v) is 4.26. The largest absolute Gasteiger partial charge is 0.495 e. The second kappa shape index (κ2) is 8.64. The van der Waals surface area contributed by atoms with Crippen molar-refractivity contribution >= 4 is 23.3 Å². The monoisotopic (exact) mass is 385 g/mol. The standard InChI is InChI=1S/C21H20ClNO4/c1-3-26-21(24)14-4-7-16(8-5-14)23-13-17-9-11-19(27-17)15-6-10-20(25-2)18(22)12-15/h4-12,23H,3,13H2,1-2H3. The number of carbonyl (C=O) groups excluding carboxylic acids is 1. The van der Waals surface area contributed by atoms with E-state index in [-0.39, 0.29) is 5.97 Å². The summed E-state index contributed by atoms with van der Waals surface area (Å²) in [5.74, 6) is 1.82. The molecule has 140 valence electrons. The van der Waals surface area contributed by atoms with E-state index in [0.29, 0.717) is 29.5 Å². The van der Waals surface area contributed by atoms with Crippen molar-refractivity contribution < 1.29 is 18.7 Å². The third-order valence-electron chi connectivity index (χ3n) is 3.96. The first-order chi connectivity index (χ1) is 13.1. The molecule has 0 amide bonds. The van der Waals surface area contributed by atoms with Crippen molar-refractivity contribution in [1.29, 1.82) is 0 Å². The maximum absolute atomic E-state index is 11.7. The van der Waals surface area contributed by atoms with Gasteiger partial charge in [0.1, 0.15) is 17.3 Å². The van der Waals surface area contributed by atoms with Crippen LogP contribution in [-0.4, -0.2) is 19.7 Å². The summed E-state index contributed by atoms with van der Waals surface area (Å²) in [6.07, 6.45) is 0. The lowest BCUT2D eigenvalue weighted by atomic mass is 10.2. The average Bonchev–Trinajstić information content (AvgIpc) is 3.16. The van der Waals surface area contributed by atoms with E-state index in [1.165, 1.54) is 0 Å². The molecule has 0 aliphatic heterocycles. The molecule has 0 aliphatic carbocycles. The molecule has 1 aromatic heterocycles. The Morgan fingerprint density at radius 2 is 1.89 bits per heavy atom. The van der Waals surface area contributed by atoms with Gasteiger partial charge < -0.3 is 19.2 Å². The molecule has 27 heavy (non-hydrogen) atoms. The summed E-state index contributed by atoms with van der Waals surface area (Å²) in [7, 11) is 1.58. The molecule has 0 fully saturated rings. The summed E-state index contributed by atoms with van der Waals surface area (Å²) in [6.45, 7) is 2.66. The van der Waals surface area contributed by atoms with Crippen molar-refractivity contribution in [1.82, 2.24) is 0 Å². The van der Waals surface area contributed by atoms with Gasteiger partial charge in [-0.3, -0.25) is 0 Å². The number of anilines is 1. The zero-order chi connectivity index (χ0) is 19.2. The highest BCUT2D eigenvalue weighted by Crippen LogP contribution is 2.31. The molecular weight excluding hydrogens is 366 g/mol. The number of esters is 1. The Morgan fingerprint density at radius 3 is 2.56 bits per heavy atom. The van der Waals surface area contributed by atoms with E-state index in [2.05, 4.69) is 5.32 Å². The summed E-state index contributed by atoms with van der Waals surface area (Å²) >= 11 is 6.17. The molecule has 6 heteroatoms. The fraction of sp³-hybridized carbons (Fsp3) is 0.190. The molecule has 3 aromatic rings. The molecule has 0 spiro atoms. The van der Waals surface area contributed by atoms with E-state index in [0.717, 1.165) is 22.8 Å². The van der Waals surface area contributed by atoms with Crippen LogP contribution in [0.5, 0.6) is 5.75 Å². The van der Waals surface area contributed by atoms with Crippen molar-refractivity contribution in [2.45, 2.75) is 13.5 Å². The van der Waals surface area contributed by atoms with Crippen LogP contribution >= 0.6 is 11.6 Å². The lowest BCUT2D eigenvalue weighted by molar-refractivity contribution is 0.0526. The van der Waals surface area contributed by atoms with Crippen molar-refractivity contribution in [3.63, 3.8) is 0 Å². The van der Waals surface area contributed by atoms with Gasteiger partial charge in [0.15, 0.2) is 0 Å². The number of furan rings is 1. The minimum Gasteiger partial charge on any atom is -0.495 e. The fourth-order valence-corrected chi connectivity index (χ4v) is 2.83. The van der Waals surface area contributed by atoms with Crippen molar-refractivity contribution in [3.8, 4) is 17.1 Å². The van der Waals surface area contributed by atoms with Crippen molar-refractivity contribution in [2.75, 3.05) is 19.0 Å². The van der Waals surface area contributed by atoms with Gasteiger partial charge in [-0.1, -0.05) is 11.6 Å². The maximum Gasteiger partial charge on any atom is 0.338 e. The van der Waals surface area contributed by atoms with E-state index >= 15 is 0 Å². The third kappa shape index (κ3) is 4.63. The first-order valence-electron chi connectivity index (χ1n) is 8.54. The zero-order valence-electron chi connectivity index (χ0n) is 15.1. The molecular formula is C21H20ClNO4. The number of hydrogen-bond acceptors (Lipinski definition) is 5. The van der Waals surface area contributed by atoms with E-state index in [1.54, 1.807) is 26.2 Å². The molecule has 0 aliphatic rings. The molecule has 0 radical (unpaired) electrons. The molecule has 5 nitrogen and oxygen atoms in total. The second-order valence-electron chi connectivity index (χ2n) is 5.77. The van der Waals surface area contributed by atoms with Crippen LogP contribution in [-0.2, 0) is 11.3 Å². The maximum atomic E-state index is 11.7. The summed E-state index contributed by atoms with van der Waals surface area (Å²) in [5.41, 5.74) is 2.29. The Labute approximate surface area is 162 Å². The average molecular weight is 386 g/mol. The minimum atomic E-state index is -0.321. The van der Waals surface area contributed by atoms with Gasteiger partial charge >= 0.3 is 5.97 Å². The number of nitrogens with one attached hydrogen (secondary N) is 1. The predicted molar refractivity (Wildman–Crippen MR) is 105 cm³/mol. The Hall–Kier alpha value is -2.92. The van der Waals surface area contributed by atoms with E-state index < -0.39 is 0 Å². The quantitative estimate of drug-likeness (QED) is 0.552. The Morgan fingerprint density at radius 1 is 1.11 bits per heavy atom. The summed E-state index contributed by atoms with van der Waals surface area (Å²) in [6, 6.07) is 16.5. The van der Waals surface area contributed by atoms with Gasteiger partial charge in [0.05, 0.1) is 30.8 Å². The van der Waals surface area contributed by atoms with Crippen LogP contribution in [0.25, 0.3) is 11.3 Å². The van der Waals surface area contributed by atoms with Gasteiger partial charge in [0, 0.05) is 11.3 Å². The van der Waals surface area contributed by atoms with Gasteiger partial charge in [0.25, 0.3) is 0 Å². The Balaban J connectivity index is 1.63. The Kier molecular flexibility index (Phi) is 6.04. The zero-order valence-corrected chi connectivity index (χ0v) is 15.9. The van der Waals surface area contributed by atoms with Crippen LogP contribution in [0.15, 0.2) is 59.0 Å². The van der Waals surface area contributed by atoms with Crippen LogP contribution in [0.2, 0.25) is 5.02 Å². The van der Waals surface area contributed by atoms with Gasteiger partial charge in [-0.15, -0.1) is 0 Å². The number of carbonyl (C=O) groups is 1. The highest BCUT2D eigenvalue weighted by atomic mass is 35.5. The van der Waals surface area contributed by atoms with Gasteiger partial charge in [-0.2, -0.15) is 0 Å². The molecule has 1 heterocycles. The molecule has 0 atom stereocenters. The number of ether oxygens (including phenoxy) is 2. The number of rotatable bonds is 7. The Bertz CT molecular complexity index is 918. The molecule has 0 unspecified atom stereocenters. The van der Waals surface area contributed by atoms with E-state index in [9.17, 15) is 4.79 Å². The summed E-state index contributed by atoms with van der Waals surface area (Å²) in [4.78, 5) is 11.7. The van der Waals surface area contributed by atoms with Crippen LogP contribution in [0, 0.1) is 0 Å². The molecule has 0 bridgehead atoms. The lowest BCUT2D eigenvalue weighted by Gasteiger charge is -2.06. The first kappa shape index (κ1) is 18.9. The fourth-order valence-electron chi connectivity index (χ4n) is 2.58. The van der Waals surface area contributed by atoms with Crippen LogP contribution in [0.3, 0.4) is 0 Å². The van der Waals surface area contributed by atoms with Crippen LogP contribution in [0.1, 0.15) is 23.0 Å². The minimum absolute atomic E-state index is 0.321. The van der Waals surface area contributed by atoms with Crippen molar-refractivity contribution in [3.05, 3.63) is 70.9 Å². The molecule has 2 aromatic carbocycles. The van der Waals surface area contributed by atoms with E-state index in [4.69, 9.17) is 25.5 Å². The number of halogens is 1. The highest BCUT2D eigenvalue weighted by Gasteiger charge is 2.09. The summed E-state index contributed by atoms with van der Waals surface area (Å²) in [5, 5.41) is 3.80. The molecule has 3 rings (SSSR count). The topological polar surface area (TPSA) is 60.7 Å². The second-order valence-corrected chi connectivity index (χ2v) is 6.17. The smallest absolute Gasteiger partial charge is 0.338 e. The molecule has 0 saturated heterocycles. The lowest BCUT2D eigenvalue weighted by Crippen LogP contribution is -2.05. The van der Waals surface area contributed by atoms with E-state index in [1.807, 2.05) is 42.5 Å². The van der Waals surface area contributed by atoms with Gasteiger partial charge in [-0.25, -0.2) is 4.79 Å². The molecule has 0 saturated carbocycles. The molecule has 1 N–H and O–H groups in total. The summed E-state index contributed by atoms with van der Waals surface area (Å²) < 4.78 is 16.0. The van der Waals surface area contributed by atoms with Gasteiger partial charge in [0.2, 0.25) is 0 Å². The first-order valence-corrected chi connectivity index (χ1v) is 8.92. The van der Waals surface area contributed by atoms with Gasteiger partial charge in [-0.05, 0) is 61.5 Å². The van der Waals surface area contributed by atoms with Crippen molar-refractivity contribution in [2.24, 2.45) is 0 Å². The number of methoxy groups -OCH3 is 1. The SMILES string of the molecule is CCOC(=O)c1ccc(NCc2ccc(-c3ccc(OC)c(Cl)c3)o2)cc1. The normalized spacial score (nSPS) is 10.5.